The third-order valence-corrected chi connectivity index (χ3v) is 3.62. The van der Waals surface area contributed by atoms with Gasteiger partial charge in [-0.25, -0.2) is 0 Å². The molecule has 18 heavy (non-hydrogen) atoms. The Labute approximate surface area is 108 Å². The van der Waals surface area contributed by atoms with Crippen LogP contribution in [0.4, 0.5) is 0 Å². The molecule has 98 valence electrons. The fourth-order valence-corrected chi connectivity index (χ4v) is 2.54. The summed E-state index contributed by atoms with van der Waals surface area (Å²) >= 11 is 0. The van der Waals surface area contributed by atoms with Gasteiger partial charge in [-0.1, -0.05) is 36.8 Å². The van der Waals surface area contributed by atoms with E-state index in [1.807, 2.05) is 35.2 Å². The first-order valence-corrected chi connectivity index (χ1v) is 6.69. The lowest BCUT2D eigenvalue weighted by molar-refractivity contribution is -0.138. The van der Waals surface area contributed by atoms with Crippen LogP contribution in [0.3, 0.4) is 0 Å². The largest absolute Gasteiger partial charge is 0.393 e. The summed E-state index contributed by atoms with van der Waals surface area (Å²) in [6.07, 6.45) is 2.31. The van der Waals surface area contributed by atoms with E-state index in [4.69, 9.17) is 0 Å². The summed E-state index contributed by atoms with van der Waals surface area (Å²) in [6.45, 7) is 3.18. The van der Waals surface area contributed by atoms with Crippen molar-refractivity contribution in [3.05, 3.63) is 35.9 Å². The summed E-state index contributed by atoms with van der Waals surface area (Å²) in [4.78, 5) is 14.2. The smallest absolute Gasteiger partial charge is 0.228 e. The lowest BCUT2D eigenvalue weighted by Crippen LogP contribution is -2.38. The topological polar surface area (TPSA) is 40.5 Å². The Kier molecular flexibility index (Phi) is 4.37. The highest BCUT2D eigenvalue weighted by molar-refractivity contribution is 5.79. The van der Waals surface area contributed by atoms with E-state index in [9.17, 15) is 9.90 Å². The number of hydrogen-bond donors (Lipinski definition) is 1. The zero-order valence-electron chi connectivity index (χ0n) is 10.9. The van der Waals surface area contributed by atoms with Crippen molar-refractivity contribution in [2.24, 2.45) is 5.92 Å². The number of nitrogens with zero attached hydrogens (tertiary/aromatic N) is 1. The van der Waals surface area contributed by atoms with Crippen molar-refractivity contribution in [2.75, 3.05) is 6.54 Å². The Morgan fingerprint density at radius 1 is 1.33 bits per heavy atom. The molecule has 1 N–H and O–H groups in total. The fourth-order valence-electron chi connectivity index (χ4n) is 2.54. The molecule has 1 heterocycles. The number of rotatable bonds is 3. The monoisotopic (exact) mass is 247 g/mol. The molecule has 0 aliphatic carbocycles. The molecule has 1 aromatic carbocycles. The van der Waals surface area contributed by atoms with Crippen LogP contribution in [0.1, 0.15) is 31.7 Å². The minimum absolute atomic E-state index is 0.103. The maximum Gasteiger partial charge on any atom is 0.228 e. The zero-order valence-corrected chi connectivity index (χ0v) is 10.9. The van der Waals surface area contributed by atoms with Gasteiger partial charge in [-0.2, -0.15) is 0 Å². The second-order valence-electron chi connectivity index (χ2n) is 5.09. The van der Waals surface area contributed by atoms with E-state index < -0.39 is 6.10 Å². The number of carbonyl (C=O) groups excluding carboxylic acids is 1. The molecular formula is C15H21NO2. The number of amides is 1. The van der Waals surface area contributed by atoms with Gasteiger partial charge >= 0.3 is 0 Å². The van der Waals surface area contributed by atoms with Crippen molar-refractivity contribution in [3.63, 3.8) is 0 Å². The standard InChI is InChI=1S/C15H21NO2/c1-12(17)14-9-5-6-10-16(15(14)18)11-13-7-3-2-4-8-13/h2-4,7-8,12,14,17H,5-6,9-11H2,1H3/t12-,14+/m1/s1. The molecule has 0 unspecified atom stereocenters. The van der Waals surface area contributed by atoms with Crippen LogP contribution in [0, 0.1) is 5.92 Å². The average Bonchev–Trinajstić information content (AvgIpc) is 2.54. The molecule has 0 radical (unpaired) electrons. The summed E-state index contributed by atoms with van der Waals surface area (Å²) in [6, 6.07) is 10.0. The fraction of sp³-hybridized carbons (Fsp3) is 0.533. The van der Waals surface area contributed by atoms with Gasteiger partial charge in [0.05, 0.1) is 12.0 Å². The first-order valence-electron chi connectivity index (χ1n) is 6.69. The van der Waals surface area contributed by atoms with Gasteiger partial charge in [0.25, 0.3) is 0 Å². The first kappa shape index (κ1) is 13.1. The van der Waals surface area contributed by atoms with E-state index >= 15 is 0 Å². The van der Waals surface area contributed by atoms with E-state index in [2.05, 4.69) is 0 Å². The molecule has 0 saturated carbocycles. The molecule has 1 aliphatic heterocycles. The van der Waals surface area contributed by atoms with Gasteiger partial charge in [-0.05, 0) is 25.3 Å². The molecule has 3 heteroatoms. The van der Waals surface area contributed by atoms with Gasteiger partial charge in [0.15, 0.2) is 0 Å². The van der Waals surface area contributed by atoms with Crippen molar-refractivity contribution in [3.8, 4) is 0 Å². The number of benzene rings is 1. The summed E-state index contributed by atoms with van der Waals surface area (Å²) in [5, 5.41) is 9.71. The van der Waals surface area contributed by atoms with Crippen LogP contribution in [-0.4, -0.2) is 28.6 Å². The molecule has 1 saturated heterocycles. The first-order chi connectivity index (χ1) is 8.68. The second-order valence-corrected chi connectivity index (χ2v) is 5.09. The zero-order chi connectivity index (χ0) is 13.0. The molecule has 1 aliphatic rings. The van der Waals surface area contributed by atoms with Crippen LogP contribution in [-0.2, 0) is 11.3 Å². The maximum absolute atomic E-state index is 12.4. The maximum atomic E-state index is 12.4. The van der Waals surface area contributed by atoms with Crippen molar-refractivity contribution >= 4 is 5.91 Å². The average molecular weight is 247 g/mol. The van der Waals surface area contributed by atoms with E-state index in [0.29, 0.717) is 6.54 Å². The highest BCUT2D eigenvalue weighted by Gasteiger charge is 2.30. The highest BCUT2D eigenvalue weighted by Crippen LogP contribution is 2.22. The minimum atomic E-state index is -0.547. The van der Waals surface area contributed by atoms with Gasteiger partial charge in [0.2, 0.25) is 5.91 Å². The number of hydrogen-bond acceptors (Lipinski definition) is 2. The number of aliphatic hydroxyl groups excluding tert-OH is 1. The molecule has 1 fully saturated rings. The Bertz CT molecular complexity index is 389. The van der Waals surface area contributed by atoms with E-state index in [0.717, 1.165) is 31.4 Å². The second kappa shape index (κ2) is 6.01. The number of carbonyl (C=O) groups is 1. The van der Waals surface area contributed by atoms with Gasteiger partial charge in [-0.3, -0.25) is 4.79 Å². The number of likely N-dealkylation sites (tertiary alicyclic amines) is 1. The summed E-state index contributed by atoms with van der Waals surface area (Å²) in [5.41, 5.74) is 1.15. The molecule has 1 aromatic rings. The van der Waals surface area contributed by atoms with Gasteiger partial charge < -0.3 is 10.0 Å². The Balaban J connectivity index is 2.08. The van der Waals surface area contributed by atoms with Crippen LogP contribution in [0.2, 0.25) is 0 Å². The molecule has 1 amide bonds. The molecule has 0 aromatic heterocycles. The van der Waals surface area contributed by atoms with Gasteiger partial charge in [0, 0.05) is 13.1 Å². The lowest BCUT2D eigenvalue weighted by atomic mass is 9.97. The SMILES string of the molecule is C[C@@H](O)[C@@H]1CCCCN(Cc2ccccc2)C1=O. The predicted octanol–water partition coefficient (Wildman–Crippen LogP) is 2.20. The molecule has 0 spiro atoms. The van der Waals surface area contributed by atoms with E-state index in [1.54, 1.807) is 6.92 Å². The van der Waals surface area contributed by atoms with Gasteiger partial charge in [0.1, 0.15) is 0 Å². The number of aliphatic hydroxyl groups is 1. The van der Waals surface area contributed by atoms with Crippen molar-refractivity contribution < 1.29 is 9.90 Å². The van der Waals surface area contributed by atoms with Crippen LogP contribution in [0.5, 0.6) is 0 Å². The normalized spacial score (nSPS) is 22.7. The molecule has 0 bridgehead atoms. The van der Waals surface area contributed by atoms with Crippen molar-refractivity contribution in [1.82, 2.24) is 4.90 Å². The third-order valence-electron chi connectivity index (χ3n) is 3.62. The van der Waals surface area contributed by atoms with Crippen molar-refractivity contribution in [2.45, 2.75) is 38.8 Å². The predicted molar refractivity (Wildman–Crippen MR) is 70.9 cm³/mol. The lowest BCUT2D eigenvalue weighted by Gasteiger charge is -2.25. The molecular weight excluding hydrogens is 226 g/mol. The van der Waals surface area contributed by atoms with Crippen LogP contribution in [0.15, 0.2) is 30.3 Å². The highest BCUT2D eigenvalue weighted by atomic mass is 16.3. The quantitative estimate of drug-likeness (QED) is 0.889. The summed E-state index contributed by atoms with van der Waals surface area (Å²) in [7, 11) is 0. The Morgan fingerprint density at radius 3 is 2.72 bits per heavy atom. The van der Waals surface area contributed by atoms with Crippen LogP contribution < -0.4 is 0 Å². The minimum Gasteiger partial charge on any atom is -0.393 e. The van der Waals surface area contributed by atoms with Crippen molar-refractivity contribution in [1.29, 1.82) is 0 Å². The molecule has 2 atom stereocenters. The third kappa shape index (κ3) is 3.10. The van der Waals surface area contributed by atoms with Crippen LogP contribution in [0.25, 0.3) is 0 Å². The molecule has 2 rings (SSSR count). The van der Waals surface area contributed by atoms with E-state index in [1.165, 1.54) is 0 Å². The summed E-state index contributed by atoms with van der Waals surface area (Å²) < 4.78 is 0. The van der Waals surface area contributed by atoms with Crippen LogP contribution >= 0.6 is 0 Å². The Morgan fingerprint density at radius 2 is 2.06 bits per heavy atom. The van der Waals surface area contributed by atoms with Gasteiger partial charge in [-0.15, -0.1) is 0 Å². The Hall–Kier alpha value is -1.35. The summed E-state index contributed by atoms with van der Waals surface area (Å²) in [5.74, 6) is -0.123. The molecule has 3 nitrogen and oxygen atoms in total. The van der Waals surface area contributed by atoms with E-state index in [-0.39, 0.29) is 11.8 Å².